The van der Waals surface area contributed by atoms with Gasteiger partial charge in [-0.05, 0) is 18.9 Å². The Morgan fingerprint density at radius 2 is 2.42 bits per heavy atom. The molecule has 0 spiro atoms. The van der Waals surface area contributed by atoms with Crippen molar-refractivity contribution in [2.75, 3.05) is 13.2 Å². The molecule has 6 heteroatoms. The van der Waals surface area contributed by atoms with E-state index >= 15 is 0 Å². The molecule has 0 saturated heterocycles. The molecule has 2 aromatic rings. The third kappa shape index (κ3) is 2.54. The number of carbonyl (C=O) groups excluding carboxylic acids is 1. The van der Waals surface area contributed by atoms with Gasteiger partial charge < -0.3 is 14.8 Å². The number of aliphatic hydroxyl groups is 1. The van der Waals surface area contributed by atoms with E-state index < -0.39 is 0 Å². The van der Waals surface area contributed by atoms with E-state index in [-0.39, 0.29) is 17.9 Å². The number of nitrogens with zero attached hydrogens (tertiary/aromatic N) is 1. The van der Waals surface area contributed by atoms with Gasteiger partial charge in [0.2, 0.25) is 0 Å². The van der Waals surface area contributed by atoms with Crippen molar-refractivity contribution in [1.82, 2.24) is 10.3 Å². The highest BCUT2D eigenvalue weighted by Gasteiger charge is 2.42. The summed E-state index contributed by atoms with van der Waals surface area (Å²) in [6.45, 7) is 0.644. The van der Waals surface area contributed by atoms with Crippen molar-refractivity contribution in [1.29, 1.82) is 0 Å². The first kappa shape index (κ1) is 12.4. The summed E-state index contributed by atoms with van der Waals surface area (Å²) in [5, 5.41) is 14.5. The van der Waals surface area contributed by atoms with Crippen LogP contribution in [-0.2, 0) is 0 Å². The summed E-state index contributed by atoms with van der Waals surface area (Å²) in [6.07, 6.45) is 5.13. The van der Waals surface area contributed by atoms with Gasteiger partial charge in [-0.3, -0.25) is 4.79 Å². The van der Waals surface area contributed by atoms with E-state index in [1.165, 1.54) is 11.3 Å². The highest BCUT2D eigenvalue weighted by molar-refractivity contribution is 7.13. The maximum atomic E-state index is 11.9. The van der Waals surface area contributed by atoms with Crippen LogP contribution in [0.1, 0.15) is 23.3 Å². The SMILES string of the molecule is O=C(NCC1(CO)CC1)c1csc(-c2ccoc2)n1. The number of amides is 1. The normalized spacial score (nSPS) is 16.3. The Balaban J connectivity index is 1.64. The van der Waals surface area contributed by atoms with E-state index in [0.717, 1.165) is 23.4 Å². The molecule has 100 valence electrons. The molecule has 0 aromatic carbocycles. The first-order chi connectivity index (χ1) is 9.22. The zero-order chi connectivity index (χ0) is 13.3. The number of carbonyl (C=O) groups is 1. The average molecular weight is 278 g/mol. The number of thiazole rings is 1. The van der Waals surface area contributed by atoms with Crippen molar-refractivity contribution < 1.29 is 14.3 Å². The quantitative estimate of drug-likeness (QED) is 0.876. The number of hydrogen-bond acceptors (Lipinski definition) is 5. The fourth-order valence-corrected chi connectivity index (χ4v) is 2.61. The molecular weight excluding hydrogens is 264 g/mol. The van der Waals surface area contributed by atoms with Crippen molar-refractivity contribution in [2.24, 2.45) is 5.41 Å². The van der Waals surface area contributed by atoms with E-state index in [1.54, 1.807) is 17.9 Å². The number of aliphatic hydroxyl groups excluding tert-OH is 1. The standard InChI is InChI=1S/C13H14N2O3S/c16-8-13(2-3-13)7-14-11(17)10-6-19-12(15-10)9-1-4-18-5-9/h1,4-6,16H,2-3,7-8H2,(H,14,17). The molecule has 0 bridgehead atoms. The van der Waals surface area contributed by atoms with Gasteiger partial charge in [-0.25, -0.2) is 4.98 Å². The van der Waals surface area contributed by atoms with Crippen LogP contribution in [0.4, 0.5) is 0 Å². The summed E-state index contributed by atoms with van der Waals surface area (Å²) < 4.78 is 4.99. The molecule has 2 N–H and O–H groups in total. The van der Waals surface area contributed by atoms with Crippen molar-refractivity contribution in [3.05, 3.63) is 29.7 Å². The molecule has 1 saturated carbocycles. The molecule has 0 radical (unpaired) electrons. The maximum absolute atomic E-state index is 11.9. The molecule has 1 aliphatic carbocycles. The first-order valence-corrected chi connectivity index (χ1v) is 6.98. The summed E-state index contributed by atoms with van der Waals surface area (Å²) in [5.41, 5.74) is 1.20. The smallest absolute Gasteiger partial charge is 0.270 e. The molecule has 2 aromatic heterocycles. The lowest BCUT2D eigenvalue weighted by Crippen LogP contribution is -2.32. The van der Waals surface area contributed by atoms with Crippen LogP contribution < -0.4 is 5.32 Å². The van der Waals surface area contributed by atoms with Gasteiger partial charge >= 0.3 is 0 Å². The Morgan fingerprint density at radius 1 is 1.58 bits per heavy atom. The van der Waals surface area contributed by atoms with Gasteiger partial charge in [-0.15, -0.1) is 11.3 Å². The van der Waals surface area contributed by atoms with Crippen molar-refractivity contribution >= 4 is 17.2 Å². The molecule has 1 amide bonds. The Morgan fingerprint density at radius 3 is 3.05 bits per heavy atom. The lowest BCUT2D eigenvalue weighted by molar-refractivity contribution is 0.0931. The lowest BCUT2D eigenvalue weighted by atomic mass is 10.1. The molecule has 19 heavy (non-hydrogen) atoms. The van der Waals surface area contributed by atoms with Gasteiger partial charge in [0.25, 0.3) is 5.91 Å². The summed E-state index contributed by atoms with van der Waals surface area (Å²) in [4.78, 5) is 16.2. The second-order valence-electron chi connectivity index (χ2n) is 4.89. The van der Waals surface area contributed by atoms with E-state index in [0.29, 0.717) is 12.2 Å². The molecule has 1 aliphatic rings. The summed E-state index contributed by atoms with van der Waals surface area (Å²) in [7, 11) is 0. The average Bonchev–Trinajstić information content (AvgIpc) is 2.87. The number of nitrogens with one attached hydrogen (secondary N) is 1. The predicted molar refractivity (Wildman–Crippen MR) is 70.9 cm³/mol. The van der Waals surface area contributed by atoms with E-state index in [4.69, 9.17) is 4.42 Å². The molecule has 0 aliphatic heterocycles. The van der Waals surface area contributed by atoms with E-state index in [2.05, 4.69) is 10.3 Å². The zero-order valence-electron chi connectivity index (χ0n) is 10.3. The Labute approximate surface area is 114 Å². The third-order valence-electron chi connectivity index (χ3n) is 3.42. The number of aromatic nitrogens is 1. The molecule has 3 rings (SSSR count). The Hall–Kier alpha value is -1.66. The second-order valence-corrected chi connectivity index (χ2v) is 5.75. The first-order valence-electron chi connectivity index (χ1n) is 6.10. The Bertz CT molecular complexity index is 572. The summed E-state index contributed by atoms with van der Waals surface area (Å²) in [5.74, 6) is -0.189. The maximum Gasteiger partial charge on any atom is 0.270 e. The lowest BCUT2D eigenvalue weighted by Gasteiger charge is -2.11. The Kier molecular flexibility index (Phi) is 3.12. The minimum atomic E-state index is -0.189. The van der Waals surface area contributed by atoms with E-state index in [9.17, 15) is 9.90 Å². The highest BCUT2D eigenvalue weighted by atomic mass is 32.1. The second kappa shape index (κ2) is 4.79. The van der Waals surface area contributed by atoms with Gasteiger partial charge in [0.1, 0.15) is 17.0 Å². The minimum absolute atomic E-state index is 0.0843. The fourth-order valence-electron chi connectivity index (χ4n) is 1.82. The molecule has 0 unspecified atom stereocenters. The van der Waals surface area contributed by atoms with Crippen LogP contribution in [0.5, 0.6) is 0 Å². The van der Waals surface area contributed by atoms with Crippen LogP contribution >= 0.6 is 11.3 Å². The van der Waals surface area contributed by atoms with Gasteiger partial charge in [-0.1, -0.05) is 0 Å². The largest absolute Gasteiger partial charge is 0.472 e. The minimum Gasteiger partial charge on any atom is -0.472 e. The van der Waals surface area contributed by atoms with Crippen LogP contribution in [-0.4, -0.2) is 29.1 Å². The molecule has 0 atom stereocenters. The topological polar surface area (TPSA) is 75.4 Å². The predicted octanol–water partition coefficient (Wildman–Crippen LogP) is 1.91. The van der Waals surface area contributed by atoms with Crippen LogP contribution in [0.2, 0.25) is 0 Å². The summed E-state index contributed by atoms with van der Waals surface area (Å²) >= 11 is 1.41. The van der Waals surface area contributed by atoms with Gasteiger partial charge in [0.05, 0.1) is 12.9 Å². The van der Waals surface area contributed by atoms with Gasteiger partial charge in [0, 0.05) is 22.9 Å². The van der Waals surface area contributed by atoms with Crippen LogP contribution in [0.15, 0.2) is 28.4 Å². The molecule has 2 heterocycles. The fraction of sp³-hybridized carbons (Fsp3) is 0.385. The van der Waals surface area contributed by atoms with E-state index in [1.807, 2.05) is 6.07 Å². The molecule has 1 fully saturated rings. The molecule has 5 nitrogen and oxygen atoms in total. The van der Waals surface area contributed by atoms with Crippen molar-refractivity contribution in [3.8, 4) is 10.6 Å². The van der Waals surface area contributed by atoms with Crippen molar-refractivity contribution in [3.63, 3.8) is 0 Å². The number of furan rings is 1. The zero-order valence-corrected chi connectivity index (χ0v) is 11.1. The van der Waals surface area contributed by atoms with Gasteiger partial charge in [0.15, 0.2) is 0 Å². The van der Waals surface area contributed by atoms with Crippen LogP contribution in [0.25, 0.3) is 10.6 Å². The molecular formula is C13H14N2O3S. The van der Waals surface area contributed by atoms with Crippen LogP contribution in [0, 0.1) is 5.41 Å². The van der Waals surface area contributed by atoms with Crippen LogP contribution in [0.3, 0.4) is 0 Å². The number of hydrogen-bond donors (Lipinski definition) is 2. The third-order valence-corrected chi connectivity index (χ3v) is 4.31. The summed E-state index contributed by atoms with van der Waals surface area (Å²) in [6, 6.07) is 1.81. The monoisotopic (exact) mass is 278 g/mol. The van der Waals surface area contributed by atoms with Crippen molar-refractivity contribution in [2.45, 2.75) is 12.8 Å². The highest BCUT2D eigenvalue weighted by Crippen LogP contribution is 2.44. The number of rotatable bonds is 5. The van der Waals surface area contributed by atoms with Gasteiger partial charge in [-0.2, -0.15) is 0 Å².